The highest BCUT2D eigenvalue weighted by atomic mass is 16.4. The normalized spacial score (nSPS) is 10.6. The van der Waals surface area contributed by atoms with Crippen LogP contribution in [0.1, 0.15) is 34.8 Å². The topological polar surface area (TPSA) is 66.4 Å². The van der Waals surface area contributed by atoms with Gasteiger partial charge >= 0.3 is 5.97 Å². The molecular formula is C14H17NO3. The fourth-order valence-corrected chi connectivity index (χ4v) is 1.62. The lowest BCUT2D eigenvalue weighted by Gasteiger charge is -2.05. The van der Waals surface area contributed by atoms with Crippen LogP contribution in [0.25, 0.3) is 6.08 Å². The lowest BCUT2D eigenvalue weighted by atomic mass is 10.0. The number of carbonyl (C=O) groups is 2. The van der Waals surface area contributed by atoms with Crippen LogP contribution in [-0.2, 0) is 4.79 Å². The van der Waals surface area contributed by atoms with Crippen molar-refractivity contribution in [3.63, 3.8) is 0 Å². The Labute approximate surface area is 106 Å². The molecule has 0 bridgehead atoms. The molecule has 0 spiro atoms. The summed E-state index contributed by atoms with van der Waals surface area (Å²) >= 11 is 0. The molecule has 4 heteroatoms. The summed E-state index contributed by atoms with van der Waals surface area (Å²) in [6.45, 7) is 3.90. The van der Waals surface area contributed by atoms with Gasteiger partial charge in [0, 0.05) is 13.5 Å². The number of benzene rings is 1. The van der Waals surface area contributed by atoms with Gasteiger partial charge in [0.15, 0.2) is 0 Å². The summed E-state index contributed by atoms with van der Waals surface area (Å²) in [7, 11) is 0. The van der Waals surface area contributed by atoms with Gasteiger partial charge in [-0.2, -0.15) is 0 Å². The van der Waals surface area contributed by atoms with Gasteiger partial charge in [0.25, 0.3) is 0 Å². The van der Waals surface area contributed by atoms with E-state index in [0.717, 1.165) is 5.56 Å². The lowest BCUT2D eigenvalue weighted by Crippen LogP contribution is -2.20. The number of aryl methyl sites for hydroxylation is 1. The molecule has 2 N–H and O–H groups in total. The molecule has 18 heavy (non-hydrogen) atoms. The summed E-state index contributed by atoms with van der Waals surface area (Å²) in [6.07, 6.45) is 4.33. The van der Waals surface area contributed by atoms with Crippen molar-refractivity contribution >= 4 is 18.0 Å². The molecule has 4 nitrogen and oxygen atoms in total. The van der Waals surface area contributed by atoms with E-state index in [4.69, 9.17) is 5.11 Å². The third kappa shape index (κ3) is 4.05. The van der Waals surface area contributed by atoms with Gasteiger partial charge in [0.05, 0.1) is 5.56 Å². The summed E-state index contributed by atoms with van der Waals surface area (Å²) < 4.78 is 0. The van der Waals surface area contributed by atoms with Crippen LogP contribution in [0, 0.1) is 6.92 Å². The molecule has 0 saturated heterocycles. The van der Waals surface area contributed by atoms with E-state index in [9.17, 15) is 9.59 Å². The number of nitrogens with one attached hydrogen (secondary N) is 1. The molecule has 0 atom stereocenters. The first kappa shape index (κ1) is 14.0. The van der Waals surface area contributed by atoms with Crippen molar-refractivity contribution in [2.45, 2.75) is 20.3 Å². The minimum atomic E-state index is -0.930. The lowest BCUT2D eigenvalue weighted by molar-refractivity contribution is -0.118. The number of carboxylic acid groups (broad SMARTS) is 1. The Balaban J connectivity index is 2.74. The van der Waals surface area contributed by atoms with Crippen molar-refractivity contribution in [1.82, 2.24) is 5.32 Å². The third-order valence-electron chi connectivity index (χ3n) is 2.52. The highest BCUT2D eigenvalue weighted by Gasteiger charge is 2.08. The van der Waals surface area contributed by atoms with Gasteiger partial charge in [0.2, 0.25) is 5.91 Å². The highest BCUT2D eigenvalue weighted by Crippen LogP contribution is 2.16. The summed E-state index contributed by atoms with van der Waals surface area (Å²) in [6, 6.07) is 5.19. The number of carbonyl (C=O) groups excluding carboxylic acids is 1. The largest absolute Gasteiger partial charge is 0.478 e. The monoisotopic (exact) mass is 247 g/mol. The number of aromatic carboxylic acids is 1. The van der Waals surface area contributed by atoms with E-state index >= 15 is 0 Å². The Hall–Kier alpha value is -2.10. The number of hydrogen-bond donors (Lipinski definition) is 2. The summed E-state index contributed by atoms with van der Waals surface area (Å²) in [4.78, 5) is 21.7. The Kier molecular flexibility index (Phi) is 5.11. The van der Waals surface area contributed by atoms with Crippen molar-refractivity contribution in [3.05, 3.63) is 41.0 Å². The van der Waals surface area contributed by atoms with E-state index in [1.54, 1.807) is 18.2 Å². The smallest absolute Gasteiger partial charge is 0.336 e. The maximum atomic E-state index is 11.1. The van der Waals surface area contributed by atoms with Crippen LogP contribution in [0.5, 0.6) is 0 Å². The van der Waals surface area contributed by atoms with Crippen LogP contribution in [-0.4, -0.2) is 23.5 Å². The van der Waals surface area contributed by atoms with Crippen LogP contribution in [0.3, 0.4) is 0 Å². The van der Waals surface area contributed by atoms with E-state index in [-0.39, 0.29) is 5.91 Å². The molecule has 0 aliphatic heterocycles. The van der Waals surface area contributed by atoms with Crippen molar-refractivity contribution in [1.29, 1.82) is 0 Å². The molecule has 0 unspecified atom stereocenters. The van der Waals surface area contributed by atoms with E-state index < -0.39 is 5.97 Å². The second-order valence-corrected chi connectivity index (χ2v) is 4.02. The van der Waals surface area contributed by atoms with Crippen LogP contribution < -0.4 is 5.32 Å². The molecule has 0 aromatic heterocycles. The second-order valence-electron chi connectivity index (χ2n) is 4.02. The van der Waals surface area contributed by atoms with E-state index in [0.29, 0.717) is 24.1 Å². The molecule has 1 rings (SSSR count). The predicted octanol–water partition coefficient (Wildman–Crippen LogP) is 2.23. The second kappa shape index (κ2) is 6.59. The SMILES string of the molecule is CC(=O)NCCC=Cc1c(C)cccc1C(=O)O. The first-order chi connectivity index (χ1) is 8.52. The van der Waals surface area contributed by atoms with Gasteiger partial charge in [-0.25, -0.2) is 4.79 Å². The number of hydrogen-bond acceptors (Lipinski definition) is 2. The molecule has 0 heterocycles. The van der Waals surface area contributed by atoms with Crippen LogP contribution in [0.15, 0.2) is 24.3 Å². The minimum Gasteiger partial charge on any atom is -0.478 e. The van der Waals surface area contributed by atoms with E-state index in [1.165, 1.54) is 6.92 Å². The zero-order valence-electron chi connectivity index (χ0n) is 10.6. The van der Waals surface area contributed by atoms with Crippen LogP contribution in [0.2, 0.25) is 0 Å². The maximum absolute atomic E-state index is 11.1. The highest BCUT2D eigenvalue weighted by molar-refractivity contribution is 5.92. The molecule has 1 amide bonds. The Morgan fingerprint density at radius 3 is 2.72 bits per heavy atom. The van der Waals surface area contributed by atoms with Crippen molar-refractivity contribution in [3.8, 4) is 0 Å². The van der Waals surface area contributed by atoms with Gasteiger partial charge in [0.1, 0.15) is 0 Å². The van der Waals surface area contributed by atoms with Gasteiger partial charge in [-0.3, -0.25) is 4.79 Å². The molecule has 0 aliphatic rings. The average Bonchev–Trinajstić information content (AvgIpc) is 2.29. The summed E-state index contributed by atoms with van der Waals surface area (Å²) in [5, 5.41) is 11.8. The van der Waals surface area contributed by atoms with E-state index in [2.05, 4.69) is 5.32 Å². The van der Waals surface area contributed by atoms with Gasteiger partial charge in [-0.05, 0) is 30.5 Å². The fraction of sp³-hybridized carbons (Fsp3) is 0.286. The molecule has 0 aliphatic carbocycles. The van der Waals surface area contributed by atoms with Crippen molar-refractivity contribution in [2.75, 3.05) is 6.54 Å². The van der Waals surface area contributed by atoms with Crippen LogP contribution >= 0.6 is 0 Å². The van der Waals surface area contributed by atoms with Crippen LogP contribution in [0.4, 0.5) is 0 Å². The zero-order valence-corrected chi connectivity index (χ0v) is 10.6. The molecule has 1 aromatic carbocycles. The maximum Gasteiger partial charge on any atom is 0.336 e. The molecule has 96 valence electrons. The minimum absolute atomic E-state index is 0.0643. The first-order valence-electron chi connectivity index (χ1n) is 5.76. The quantitative estimate of drug-likeness (QED) is 0.784. The molecule has 0 saturated carbocycles. The number of rotatable bonds is 5. The van der Waals surface area contributed by atoms with Crippen molar-refractivity contribution < 1.29 is 14.7 Å². The molecular weight excluding hydrogens is 230 g/mol. The summed E-state index contributed by atoms with van der Waals surface area (Å²) in [5.74, 6) is -0.995. The Morgan fingerprint density at radius 1 is 1.39 bits per heavy atom. The van der Waals surface area contributed by atoms with E-state index in [1.807, 2.05) is 19.1 Å². The third-order valence-corrected chi connectivity index (χ3v) is 2.52. The molecule has 0 radical (unpaired) electrons. The van der Waals surface area contributed by atoms with Gasteiger partial charge in [-0.1, -0.05) is 24.3 Å². The average molecular weight is 247 g/mol. The number of carboxylic acids is 1. The first-order valence-corrected chi connectivity index (χ1v) is 5.76. The standard InChI is InChI=1S/C14H17NO3/c1-10-6-5-8-13(14(17)18)12(10)7-3-4-9-15-11(2)16/h3,5-8H,4,9H2,1-2H3,(H,15,16)(H,17,18). The molecule has 0 fully saturated rings. The summed E-state index contributed by atoms with van der Waals surface area (Å²) in [5.41, 5.74) is 1.93. The Bertz CT molecular complexity index is 478. The fourth-order valence-electron chi connectivity index (χ4n) is 1.62. The van der Waals surface area contributed by atoms with Gasteiger partial charge in [-0.15, -0.1) is 0 Å². The predicted molar refractivity (Wildman–Crippen MR) is 70.5 cm³/mol. The van der Waals surface area contributed by atoms with Gasteiger partial charge < -0.3 is 10.4 Å². The number of amides is 1. The van der Waals surface area contributed by atoms with Crippen molar-refractivity contribution in [2.24, 2.45) is 0 Å². The zero-order chi connectivity index (χ0) is 13.5. The molecule has 1 aromatic rings. The Morgan fingerprint density at radius 2 is 2.11 bits per heavy atom.